The van der Waals surface area contributed by atoms with E-state index in [0.29, 0.717) is 18.3 Å². The molecule has 0 aromatic rings. The van der Waals surface area contributed by atoms with Crippen LogP contribution in [0.5, 0.6) is 0 Å². The molecular weight excluding hydrogens is 172 g/mol. The van der Waals surface area contributed by atoms with Gasteiger partial charge in [-0.15, -0.1) is 0 Å². The minimum Gasteiger partial charge on any atom is -0.468 e. The number of thiol groups is 1. The number of carbonyl (C=O) groups excluding carboxylic acids is 1. The first-order valence-electron chi connectivity index (χ1n) is 4.54. The maximum absolute atomic E-state index is 9.78. The summed E-state index contributed by atoms with van der Waals surface area (Å²) in [5, 5.41) is 0.472. The Kier molecular flexibility index (Phi) is 8.78. The number of unbranched alkanes of at least 4 members (excludes halogenated alkanes) is 1. The van der Waals surface area contributed by atoms with Crippen LogP contribution in [0.1, 0.15) is 39.0 Å². The van der Waals surface area contributed by atoms with Crippen molar-refractivity contribution in [1.82, 2.24) is 0 Å². The third-order valence-electron chi connectivity index (χ3n) is 1.76. The zero-order valence-corrected chi connectivity index (χ0v) is 8.56. The van der Waals surface area contributed by atoms with Crippen LogP contribution in [0.3, 0.4) is 0 Å². The van der Waals surface area contributed by atoms with Crippen molar-refractivity contribution in [2.45, 2.75) is 44.3 Å². The van der Waals surface area contributed by atoms with Crippen LogP contribution in [0, 0.1) is 0 Å². The predicted octanol–water partition coefficient (Wildman–Crippen LogP) is 2.43. The van der Waals surface area contributed by atoms with E-state index in [-0.39, 0.29) is 0 Å². The second kappa shape index (κ2) is 8.91. The van der Waals surface area contributed by atoms with E-state index in [1.807, 2.05) is 0 Å². The molecule has 12 heavy (non-hydrogen) atoms. The van der Waals surface area contributed by atoms with Gasteiger partial charge in [0.25, 0.3) is 6.47 Å². The lowest BCUT2D eigenvalue weighted by Gasteiger charge is -2.08. The van der Waals surface area contributed by atoms with Crippen LogP contribution >= 0.6 is 12.6 Å². The normalized spacial score (nSPS) is 12.5. The molecule has 0 N–H and O–H groups in total. The topological polar surface area (TPSA) is 26.3 Å². The largest absolute Gasteiger partial charge is 0.468 e. The molecule has 0 amide bonds. The SMILES string of the molecule is CCCCC(S)CCCOC=O. The summed E-state index contributed by atoms with van der Waals surface area (Å²) in [5.41, 5.74) is 0. The van der Waals surface area contributed by atoms with Crippen LogP contribution in [0.4, 0.5) is 0 Å². The summed E-state index contributed by atoms with van der Waals surface area (Å²) in [6.07, 6.45) is 5.60. The molecule has 0 rings (SSSR count). The quantitative estimate of drug-likeness (QED) is 0.361. The second-order valence-electron chi connectivity index (χ2n) is 2.91. The van der Waals surface area contributed by atoms with Gasteiger partial charge in [-0.3, -0.25) is 4.79 Å². The predicted molar refractivity (Wildman–Crippen MR) is 53.5 cm³/mol. The van der Waals surface area contributed by atoms with Gasteiger partial charge in [0.2, 0.25) is 0 Å². The average Bonchev–Trinajstić information content (AvgIpc) is 2.09. The minimum absolute atomic E-state index is 0.472. The van der Waals surface area contributed by atoms with Crippen molar-refractivity contribution < 1.29 is 9.53 Å². The molecule has 72 valence electrons. The molecule has 0 aromatic heterocycles. The van der Waals surface area contributed by atoms with Crippen molar-refractivity contribution in [3.63, 3.8) is 0 Å². The molecular formula is C9H18O2S. The summed E-state index contributed by atoms with van der Waals surface area (Å²) < 4.78 is 4.57. The van der Waals surface area contributed by atoms with Crippen LogP contribution in [0.15, 0.2) is 0 Å². The molecule has 0 aliphatic carbocycles. The van der Waals surface area contributed by atoms with Gasteiger partial charge in [-0.05, 0) is 19.3 Å². The molecule has 1 atom stereocenters. The first kappa shape index (κ1) is 11.8. The average molecular weight is 190 g/mol. The maximum Gasteiger partial charge on any atom is 0.293 e. The highest BCUT2D eigenvalue weighted by Gasteiger charge is 2.01. The highest BCUT2D eigenvalue weighted by molar-refractivity contribution is 7.80. The van der Waals surface area contributed by atoms with Gasteiger partial charge in [-0.2, -0.15) is 12.6 Å². The molecule has 1 unspecified atom stereocenters. The Labute approximate surface area is 80.1 Å². The van der Waals surface area contributed by atoms with Gasteiger partial charge in [0.15, 0.2) is 0 Å². The number of hydrogen-bond donors (Lipinski definition) is 1. The van der Waals surface area contributed by atoms with E-state index in [0.717, 1.165) is 12.8 Å². The lowest BCUT2D eigenvalue weighted by molar-refractivity contribution is -0.128. The van der Waals surface area contributed by atoms with Gasteiger partial charge in [-0.1, -0.05) is 19.8 Å². The van der Waals surface area contributed by atoms with Crippen LogP contribution < -0.4 is 0 Å². The molecule has 2 nitrogen and oxygen atoms in total. The van der Waals surface area contributed by atoms with E-state index in [2.05, 4.69) is 24.3 Å². The van der Waals surface area contributed by atoms with Gasteiger partial charge in [-0.25, -0.2) is 0 Å². The minimum atomic E-state index is 0.472. The van der Waals surface area contributed by atoms with Gasteiger partial charge in [0.05, 0.1) is 6.61 Å². The fourth-order valence-corrected chi connectivity index (χ4v) is 1.40. The second-order valence-corrected chi connectivity index (χ2v) is 3.64. The third-order valence-corrected chi connectivity index (χ3v) is 2.27. The van der Waals surface area contributed by atoms with Gasteiger partial charge >= 0.3 is 0 Å². The van der Waals surface area contributed by atoms with Crippen molar-refractivity contribution in [1.29, 1.82) is 0 Å². The molecule has 0 aliphatic rings. The Bertz CT molecular complexity index is 107. The Morgan fingerprint density at radius 3 is 2.67 bits per heavy atom. The molecule has 0 bridgehead atoms. The summed E-state index contributed by atoms with van der Waals surface area (Å²) in [5.74, 6) is 0. The van der Waals surface area contributed by atoms with Crippen molar-refractivity contribution in [2.75, 3.05) is 6.61 Å². The summed E-state index contributed by atoms with van der Waals surface area (Å²) in [7, 11) is 0. The number of hydrogen-bond acceptors (Lipinski definition) is 3. The van der Waals surface area contributed by atoms with Crippen molar-refractivity contribution in [2.24, 2.45) is 0 Å². The molecule has 0 aliphatic heterocycles. The first-order valence-corrected chi connectivity index (χ1v) is 5.06. The number of carbonyl (C=O) groups is 1. The van der Waals surface area contributed by atoms with Crippen LogP contribution in [0.2, 0.25) is 0 Å². The Morgan fingerprint density at radius 2 is 2.08 bits per heavy atom. The maximum atomic E-state index is 9.78. The Hall–Kier alpha value is -0.180. The molecule has 0 radical (unpaired) electrons. The fourth-order valence-electron chi connectivity index (χ4n) is 1.03. The summed E-state index contributed by atoms with van der Waals surface area (Å²) >= 11 is 4.42. The van der Waals surface area contributed by atoms with Crippen LogP contribution in [-0.4, -0.2) is 18.3 Å². The van der Waals surface area contributed by atoms with E-state index >= 15 is 0 Å². The molecule has 0 spiro atoms. The lowest BCUT2D eigenvalue weighted by atomic mass is 10.1. The zero-order chi connectivity index (χ0) is 9.23. The summed E-state index contributed by atoms with van der Waals surface area (Å²) in [4.78, 5) is 9.78. The van der Waals surface area contributed by atoms with Gasteiger partial charge < -0.3 is 4.74 Å². The standard InChI is InChI=1S/C9H18O2S/c1-2-3-5-9(12)6-4-7-11-8-10/h8-9,12H,2-7H2,1H3. The third kappa shape index (κ3) is 7.92. The lowest BCUT2D eigenvalue weighted by Crippen LogP contribution is -2.01. The van der Waals surface area contributed by atoms with Crippen molar-refractivity contribution >= 4 is 19.1 Å². The highest BCUT2D eigenvalue weighted by Crippen LogP contribution is 2.12. The first-order chi connectivity index (χ1) is 5.81. The zero-order valence-electron chi connectivity index (χ0n) is 7.66. The fraction of sp³-hybridized carbons (Fsp3) is 0.889. The number of rotatable bonds is 8. The molecule has 0 saturated heterocycles. The van der Waals surface area contributed by atoms with Gasteiger partial charge in [0.1, 0.15) is 0 Å². The smallest absolute Gasteiger partial charge is 0.293 e. The van der Waals surface area contributed by atoms with Crippen LogP contribution in [-0.2, 0) is 9.53 Å². The van der Waals surface area contributed by atoms with E-state index in [9.17, 15) is 4.79 Å². The monoisotopic (exact) mass is 190 g/mol. The van der Waals surface area contributed by atoms with E-state index in [4.69, 9.17) is 0 Å². The van der Waals surface area contributed by atoms with E-state index in [1.165, 1.54) is 19.3 Å². The number of ether oxygens (including phenoxy) is 1. The van der Waals surface area contributed by atoms with Gasteiger partial charge in [0, 0.05) is 5.25 Å². The summed E-state index contributed by atoms with van der Waals surface area (Å²) in [6.45, 7) is 3.21. The summed E-state index contributed by atoms with van der Waals surface area (Å²) in [6, 6.07) is 0. The molecule has 0 saturated carbocycles. The van der Waals surface area contributed by atoms with E-state index in [1.54, 1.807) is 0 Å². The van der Waals surface area contributed by atoms with Crippen molar-refractivity contribution in [3.8, 4) is 0 Å². The Morgan fingerprint density at radius 1 is 1.42 bits per heavy atom. The van der Waals surface area contributed by atoms with E-state index < -0.39 is 0 Å². The highest BCUT2D eigenvalue weighted by atomic mass is 32.1. The van der Waals surface area contributed by atoms with Crippen molar-refractivity contribution in [3.05, 3.63) is 0 Å². The molecule has 0 fully saturated rings. The molecule has 0 heterocycles. The Balaban J connectivity index is 3.07. The molecule has 0 aromatic carbocycles. The molecule has 3 heteroatoms. The van der Waals surface area contributed by atoms with Crippen LogP contribution in [0.25, 0.3) is 0 Å².